The number of unbranched alkanes of at least 4 members (excludes halogenated alkanes) is 2. The largest absolute Gasteiger partial charge is 0.339 e. The second kappa shape index (κ2) is 14.8. The first-order valence-corrected chi connectivity index (χ1v) is 14.6. The molecule has 0 bridgehead atoms. The smallest absolute Gasteiger partial charge is 0.253 e. The molecule has 1 amide bonds. The number of halogens is 2. The quantitative estimate of drug-likeness (QED) is 0.146. The van der Waals surface area contributed by atoms with Crippen LogP contribution in [-0.4, -0.2) is 28.9 Å². The van der Waals surface area contributed by atoms with Gasteiger partial charge >= 0.3 is 0 Å². The van der Waals surface area contributed by atoms with E-state index in [4.69, 9.17) is 0 Å². The van der Waals surface area contributed by atoms with Crippen molar-refractivity contribution >= 4 is 43.3 Å². The van der Waals surface area contributed by atoms with E-state index in [0.717, 1.165) is 59.7 Å². The van der Waals surface area contributed by atoms with Crippen LogP contribution >= 0.6 is 31.9 Å². The highest BCUT2D eigenvalue weighted by molar-refractivity contribution is 9.10. The summed E-state index contributed by atoms with van der Waals surface area (Å²) < 4.78 is 2.13. The highest BCUT2D eigenvalue weighted by atomic mass is 79.9. The molecule has 0 aliphatic carbocycles. The number of amides is 1. The molecule has 0 saturated carbocycles. The van der Waals surface area contributed by atoms with E-state index in [0.29, 0.717) is 0 Å². The number of aromatic nitrogens is 1. The molecule has 1 heterocycles. The van der Waals surface area contributed by atoms with Gasteiger partial charge in [-0.1, -0.05) is 86.5 Å². The summed E-state index contributed by atoms with van der Waals surface area (Å²) in [6.07, 6.45) is 10.8. The average molecular weight is 632 g/mol. The number of aryl methyl sites for hydroxylation is 1. The highest BCUT2D eigenvalue weighted by Gasteiger charge is 2.15. The molecule has 0 aliphatic heterocycles. The SMILES string of the molecule is O=C(c1ccccc1)N(CCCC=C(c1ccc(Br)cc1)c1ccc(Br)cc1)CCCCc1cccnc1. The van der Waals surface area contributed by atoms with Crippen molar-refractivity contribution in [2.24, 2.45) is 0 Å². The first-order valence-electron chi connectivity index (χ1n) is 13.1. The zero-order valence-corrected chi connectivity index (χ0v) is 24.6. The zero-order valence-electron chi connectivity index (χ0n) is 21.4. The minimum atomic E-state index is 0.108. The number of pyridine rings is 1. The van der Waals surface area contributed by atoms with Gasteiger partial charge in [0.15, 0.2) is 0 Å². The van der Waals surface area contributed by atoms with Crippen molar-refractivity contribution in [2.45, 2.75) is 32.1 Å². The standard InChI is InChI=1S/C33H32Br2N2O/c34-30-18-14-27(15-19-30)32(28-16-20-31(35)21-17-28)13-5-7-24-37(33(38)29-11-2-1-3-12-29)23-6-4-9-26-10-8-22-36-25-26/h1-3,8,10-22,25H,4-7,9,23-24H2. The monoisotopic (exact) mass is 630 g/mol. The van der Waals surface area contributed by atoms with Crippen molar-refractivity contribution in [3.8, 4) is 0 Å². The zero-order chi connectivity index (χ0) is 26.6. The molecule has 1 aromatic heterocycles. The molecular weight excluding hydrogens is 600 g/mol. The van der Waals surface area contributed by atoms with E-state index in [-0.39, 0.29) is 5.91 Å². The van der Waals surface area contributed by atoms with Gasteiger partial charge in [-0.15, -0.1) is 0 Å². The van der Waals surface area contributed by atoms with Gasteiger partial charge < -0.3 is 4.90 Å². The Morgan fingerprint density at radius 1 is 0.711 bits per heavy atom. The van der Waals surface area contributed by atoms with Crippen LogP contribution in [0, 0.1) is 0 Å². The first kappa shape index (κ1) is 28.0. The van der Waals surface area contributed by atoms with Crippen LogP contribution in [0.3, 0.4) is 0 Å². The molecule has 0 spiro atoms. The lowest BCUT2D eigenvalue weighted by Crippen LogP contribution is -2.33. The maximum Gasteiger partial charge on any atom is 0.253 e. The lowest BCUT2D eigenvalue weighted by molar-refractivity contribution is 0.0751. The van der Waals surface area contributed by atoms with Gasteiger partial charge in [0.2, 0.25) is 0 Å². The molecule has 0 radical (unpaired) electrons. The van der Waals surface area contributed by atoms with Gasteiger partial charge in [0, 0.05) is 40.0 Å². The normalized spacial score (nSPS) is 10.7. The van der Waals surface area contributed by atoms with Gasteiger partial charge in [0.05, 0.1) is 0 Å². The molecule has 0 fully saturated rings. The predicted octanol–water partition coefficient (Wildman–Crippen LogP) is 8.98. The Morgan fingerprint density at radius 3 is 1.95 bits per heavy atom. The Kier molecular flexibility index (Phi) is 10.9. The number of carbonyl (C=O) groups excluding carboxylic acids is 1. The molecule has 5 heteroatoms. The van der Waals surface area contributed by atoms with Crippen molar-refractivity contribution in [3.05, 3.63) is 141 Å². The van der Waals surface area contributed by atoms with Gasteiger partial charge in [-0.3, -0.25) is 9.78 Å². The summed E-state index contributed by atoms with van der Waals surface area (Å²) in [5.41, 5.74) is 5.57. The molecular formula is C33H32Br2N2O. The average Bonchev–Trinajstić information content (AvgIpc) is 2.96. The van der Waals surface area contributed by atoms with Crippen LogP contribution in [0.1, 0.15) is 52.7 Å². The second-order valence-corrected chi connectivity index (χ2v) is 11.1. The molecule has 0 aliphatic rings. The number of nitrogens with zero attached hydrogens (tertiary/aromatic N) is 2. The van der Waals surface area contributed by atoms with E-state index in [9.17, 15) is 4.79 Å². The number of benzene rings is 3. The minimum absolute atomic E-state index is 0.108. The fourth-order valence-electron chi connectivity index (χ4n) is 4.45. The summed E-state index contributed by atoms with van der Waals surface area (Å²) in [6.45, 7) is 1.48. The number of carbonyl (C=O) groups is 1. The van der Waals surface area contributed by atoms with Crippen LogP contribution in [0.5, 0.6) is 0 Å². The molecule has 0 N–H and O–H groups in total. The van der Waals surface area contributed by atoms with Crippen molar-refractivity contribution in [1.29, 1.82) is 0 Å². The molecule has 194 valence electrons. The molecule has 4 aromatic rings. The maximum absolute atomic E-state index is 13.3. The number of hydrogen-bond acceptors (Lipinski definition) is 2. The number of hydrogen-bond donors (Lipinski definition) is 0. The topological polar surface area (TPSA) is 33.2 Å². The van der Waals surface area contributed by atoms with Crippen LogP contribution in [0.2, 0.25) is 0 Å². The van der Waals surface area contributed by atoms with E-state index in [1.54, 1.807) is 6.20 Å². The third-order valence-electron chi connectivity index (χ3n) is 6.47. The molecule has 0 unspecified atom stereocenters. The molecule has 3 nitrogen and oxygen atoms in total. The van der Waals surface area contributed by atoms with E-state index >= 15 is 0 Å². The van der Waals surface area contributed by atoms with E-state index < -0.39 is 0 Å². The van der Waals surface area contributed by atoms with Gasteiger partial charge in [0.1, 0.15) is 0 Å². The summed E-state index contributed by atoms with van der Waals surface area (Å²) >= 11 is 7.09. The third-order valence-corrected chi connectivity index (χ3v) is 7.52. The third kappa shape index (κ3) is 8.50. The predicted molar refractivity (Wildman–Crippen MR) is 164 cm³/mol. The summed E-state index contributed by atoms with van der Waals surface area (Å²) in [4.78, 5) is 19.6. The molecule has 0 saturated heterocycles. The number of allylic oxidation sites excluding steroid dienone is 1. The minimum Gasteiger partial charge on any atom is -0.339 e. The van der Waals surface area contributed by atoms with Gasteiger partial charge in [-0.2, -0.15) is 0 Å². The second-order valence-electron chi connectivity index (χ2n) is 9.25. The fraction of sp³-hybridized carbons (Fsp3) is 0.212. The van der Waals surface area contributed by atoms with E-state index in [2.05, 4.69) is 97.5 Å². The van der Waals surface area contributed by atoms with Crippen molar-refractivity contribution in [1.82, 2.24) is 9.88 Å². The van der Waals surface area contributed by atoms with E-state index in [1.165, 1.54) is 22.3 Å². The Morgan fingerprint density at radius 2 is 1.34 bits per heavy atom. The van der Waals surface area contributed by atoms with Gasteiger partial charge in [-0.25, -0.2) is 0 Å². The van der Waals surface area contributed by atoms with Crippen LogP contribution in [-0.2, 0) is 6.42 Å². The van der Waals surface area contributed by atoms with Crippen molar-refractivity contribution in [3.63, 3.8) is 0 Å². The molecule has 38 heavy (non-hydrogen) atoms. The maximum atomic E-state index is 13.3. The Bertz CT molecular complexity index is 1260. The van der Waals surface area contributed by atoms with Crippen molar-refractivity contribution in [2.75, 3.05) is 13.1 Å². The fourth-order valence-corrected chi connectivity index (χ4v) is 4.97. The van der Waals surface area contributed by atoms with Crippen LogP contribution in [0.25, 0.3) is 5.57 Å². The lowest BCUT2D eigenvalue weighted by atomic mass is 9.96. The lowest BCUT2D eigenvalue weighted by Gasteiger charge is -2.23. The summed E-state index contributed by atoms with van der Waals surface area (Å²) in [7, 11) is 0. The Labute approximate surface area is 242 Å². The molecule has 3 aromatic carbocycles. The van der Waals surface area contributed by atoms with Crippen LogP contribution in [0.4, 0.5) is 0 Å². The summed E-state index contributed by atoms with van der Waals surface area (Å²) in [5.74, 6) is 0.108. The van der Waals surface area contributed by atoms with Crippen molar-refractivity contribution < 1.29 is 4.79 Å². The first-order chi connectivity index (χ1) is 18.6. The Hall–Kier alpha value is -3.02. The van der Waals surface area contributed by atoms with E-state index in [1.807, 2.05) is 47.5 Å². The highest BCUT2D eigenvalue weighted by Crippen LogP contribution is 2.27. The van der Waals surface area contributed by atoms with Crippen LogP contribution in [0.15, 0.2) is 118 Å². The van der Waals surface area contributed by atoms with Crippen LogP contribution < -0.4 is 0 Å². The summed E-state index contributed by atoms with van der Waals surface area (Å²) in [5, 5.41) is 0. The summed E-state index contributed by atoms with van der Waals surface area (Å²) in [6, 6.07) is 30.6. The molecule has 0 atom stereocenters. The Balaban J connectivity index is 1.42. The van der Waals surface area contributed by atoms with Gasteiger partial charge in [-0.05, 0) is 96.8 Å². The van der Waals surface area contributed by atoms with Gasteiger partial charge in [0.25, 0.3) is 5.91 Å². The molecule has 4 rings (SSSR count). The number of rotatable bonds is 12.